The van der Waals surface area contributed by atoms with Crippen LogP contribution < -0.4 is 5.32 Å². The second-order valence-electron chi connectivity index (χ2n) is 6.41. The first kappa shape index (κ1) is 13.6. The molecule has 3 nitrogen and oxygen atoms in total. The van der Waals surface area contributed by atoms with E-state index in [0.29, 0.717) is 5.92 Å². The van der Waals surface area contributed by atoms with Crippen molar-refractivity contribution in [2.45, 2.75) is 38.8 Å². The van der Waals surface area contributed by atoms with E-state index >= 15 is 0 Å². The molecule has 3 atom stereocenters. The Morgan fingerprint density at radius 3 is 2.77 bits per heavy atom. The number of benzene rings is 1. The van der Waals surface area contributed by atoms with E-state index in [9.17, 15) is 0 Å². The van der Waals surface area contributed by atoms with E-state index in [2.05, 4.69) is 43.4 Å². The highest BCUT2D eigenvalue weighted by Gasteiger charge is 2.36. The smallest absolute Gasteiger partial charge is 0.134 e. The molecule has 0 aliphatic heterocycles. The van der Waals surface area contributed by atoms with Gasteiger partial charge in [-0.3, -0.25) is 0 Å². The van der Waals surface area contributed by atoms with Gasteiger partial charge in [0.25, 0.3) is 0 Å². The summed E-state index contributed by atoms with van der Waals surface area (Å²) in [6.45, 7) is 5.11. The minimum Gasteiger partial charge on any atom is -0.464 e. The summed E-state index contributed by atoms with van der Waals surface area (Å²) in [5.41, 5.74) is 0.939. The highest BCUT2D eigenvalue weighted by Crippen LogP contribution is 2.47. The average Bonchev–Trinajstić information content (AvgIpc) is 2.96. The van der Waals surface area contributed by atoms with E-state index in [-0.39, 0.29) is 6.04 Å². The van der Waals surface area contributed by atoms with Crippen molar-refractivity contribution in [1.29, 1.82) is 0 Å². The lowest BCUT2D eigenvalue weighted by molar-refractivity contribution is 0.405. The number of rotatable bonds is 5. The van der Waals surface area contributed by atoms with Crippen molar-refractivity contribution in [2.75, 3.05) is 0 Å². The first-order valence-corrected chi connectivity index (χ1v) is 8.01. The van der Waals surface area contributed by atoms with Gasteiger partial charge >= 0.3 is 0 Å². The first-order chi connectivity index (χ1) is 10.7. The van der Waals surface area contributed by atoms with Gasteiger partial charge in [0.1, 0.15) is 22.9 Å². The van der Waals surface area contributed by atoms with Crippen LogP contribution in [0.2, 0.25) is 0 Å². The van der Waals surface area contributed by atoms with Crippen molar-refractivity contribution in [1.82, 2.24) is 5.32 Å². The zero-order valence-electron chi connectivity index (χ0n) is 13.0. The van der Waals surface area contributed by atoms with Crippen LogP contribution in [0.25, 0.3) is 11.0 Å². The molecule has 2 aromatic heterocycles. The Bertz CT molecular complexity index is 752. The van der Waals surface area contributed by atoms with Gasteiger partial charge in [0.15, 0.2) is 0 Å². The molecule has 114 valence electrons. The summed E-state index contributed by atoms with van der Waals surface area (Å²) in [7, 11) is 0. The number of hydrogen-bond acceptors (Lipinski definition) is 3. The summed E-state index contributed by atoms with van der Waals surface area (Å²) in [5, 5.41) is 4.62. The lowest BCUT2D eigenvalue weighted by atomic mass is 10.2. The maximum absolute atomic E-state index is 5.93. The number of fused-ring (bicyclic) bond motifs is 1. The Morgan fingerprint density at radius 2 is 2.00 bits per heavy atom. The van der Waals surface area contributed by atoms with Gasteiger partial charge < -0.3 is 14.2 Å². The quantitative estimate of drug-likeness (QED) is 0.720. The molecule has 1 aromatic carbocycles. The summed E-state index contributed by atoms with van der Waals surface area (Å²) in [5.74, 6) is 4.52. The van der Waals surface area contributed by atoms with Gasteiger partial charge in [0, 0.05) is 11.3 Å². The molecule has 2 heterocycles. The van der Waals surface area contributed by atoms with Gasteiger partial charge in [-0.25, -0.2) is 0 Å². The molecule has 1 aliphatic rings. The van der Waals surface area contributed by atoms with E-state index in [1.165, 1.54) is 6.42 Å². The molecular weight excluding hydrogens is 274 g/mol. The maximum Gasteiger partial charge on any atom is 0.134 e. The van der Waals surface area contributed by atoms with Gasteiger partial charge in [0.2, 0.25) is 0 Å². The van der Waals surface area contributed by atoms with Gasteiger partial charge in [-0.05, 0) is 43.5 Å². The third-order valence-electron chi connectivity index (χ3n) is 4.61. The standard InChI is InChI=1S/C19H21NO2/c1-12-9-16(12)18-8-7-15(21-18)11-20-13(2)19-10-14-5-3-4-6-17(14)22-19/h3-8,10,12-13,16,20H,9,11H2,1-2H3. The first-order valence-electron chi connectivity index (χ1n) is 8.01. The summed E-state index contributed by atoms with van der Waals surface area (Å²) >= 11 is 0. The topological polar surface area (TPSA) is 38.3 Å². The minimum absolute atomic E-state index is 0.154. The van der Waals surface area contributed by atoms with Crippen molar-refractivity contribution in [3.05, 3.63) is 59.7 Å². The van der Waals surface area contributed by atoms with Crippen LogP contribution in [-0.4, -0.2) is 0 Å². The highest BCUT2D eigenvalue weighted by atomic mass is 16.3. The van der Waals surface area contributed by atoms with Crippen molar-refractivity contribution >= 4 is 11.0 Å². The van der Waals surface area contributed by atoms with Crippen LogP contribution in [0.15, 0.2) is 51.3 Å². The fourth-order valence-electron chi connectivity index (χ4n) is 2.98. The molecule has 0 saturated heterocycles. The summed E-state index contributed by atoms with van der Waals surface area (Å²) in [6.07, 6.45) is 1.26. The molecule has 3 aromatic rings. The number of para-hydroxylation sites is 1. The third-order valence-corrected chi connectivity index (χ3v) is 4.61. The molecule has 22 heavy (non-hydrogen) atoms. The second-order valence-corrected chi connectivity index (χ2v) is 6.41. The van der Waals surface area contributed by atoms with E-state index in [1.54, 1.807) is 0 Å². The Labute approximate surface area is 130 Å². The van der Waals surface area contributed by atoms with E-state index in [1.807, 2.05) is 18.2 Å². The lowest BCUT2D eigenvalue weighted by Crippen LogP contribution is -2.17. The van der Waals surface area contributed by atoms with Crippen LogP contribution in [0.3, 0.4) is 0 Å². The SMILES string of the molecule is CC(NCc1ccc(C2CC2C)o1)c1cc2ccccc2o1. The molecule has 0 bridgehead atoms. The Kier molecular flexibility index (Phi) is 3.30. The predicted molar refractivity (Wildman–Crippen MR) is 86.7 cm³/mol. The summed E-state index contributed by atoms with van der Waals surface area (Å²) in [6, 6.07) is 14.6. The molecule has 3 unspecified atom stereocenters. The molecule has 1 saturated carbocycles. The predicted octanol–water partition coefficient (Wildman–Crippen LogP) is 5.00. The van der Waals surface area contributed by atoms with Gasteiger partial charge in [-0.2, -0.15) is 0 Å². The molecule has 0 radical (unpaired) electrons. The highest BCUT2D eigenvalue weighted by molar-refractivity contribution is 5.77. The zero-order chi connectivity index (χ0) is 15.1. The van der Waals surface area contributed by atoms with E-state index in [4.69, 9.17) is 8.83 Å². The van der Waals surface area contributed by atoms with Crippen LogP contribution in [0.1, 0.15) is 49.5 Å². The van der Waals surface area contributed by atoms with Crippen molar-refractivity contribution in [3.8, 4) is 0 Å². The van der Waals surface area contributed by atoms with Crippen LogP contribution in [0, 0.1) is 5.92 Å². The minimum atomic E-state index is 0.154. The number of hydrogen-bond donors (Lipinski definition) is 1. The Balaban J connectivity index is 1.41. The molecular formula is C19H21NO2. The molecule has 3 heteroatoms. The third kappa shape index (κ3) is 2.57. The van der Waals surface area contributed by atoms with Crippen molar-refractivity contribution in [3.63, 3.8) is 0 Å². The van der Waals surface area contributed by atoms with Crippen LogP contribution >= 0.6 is 0 Å². The maximum atomic E-state index is 5.93. The molecule has 1 aliphatic carbocycles. The van der Waals surface area contributed by atoms with Crippen LogP contribution in [-0.2, 0) is 6.54 Å². The van der Waals surface area contributed by atoms with Crippen molar-refractivity contribution < 1.29 is 8.83 Å². The van der Waals surface area contributed by atoms with Crippen LogP contribution in [0.4, 0.5) is 0 Å². The fourth-order valence-corrected chi connectivity index (χ4v) is 2.98. The van der Waals surface area contributed by atoms with Crippen molar-refractivity contribution in [2.24, 2.45) is 5.92 Å². The molecule has 0 amide bonds. The molecule has 1 N–H and O–H groups in total. The normalized spacial score (nSPS) is 22.1. The van der Waals surface area contributed by atoms with Gasteiger partial charge in [-0.15, -0.1) is 0 Å². The van der Waals surface area contributed by atoms with Gasteiger partial charge in [0.05, 0.1) is 12.6 Å². The zero-order valence-corrected chi connectivity index (χ0v) is 13.0. The number of furan rings is 2. The number of nitrogens with one attached hydrogen (secondary N) is 1. The Hall–Kier alpha value is -2.00. The van der Waals surface area contributed by atoms with E-state index in [0.717, 1.165) is 40.7 Å². The fraction of sp³-hybridized carbons (Fsp3) is 0.368. The summed E-state index contributed by atoms with van der Waals surface area (Å²) in [4.78, 5) is 0. The molecule has 0 spiro atoms. The Morgan fingerprint density at radius 1 is 1.18 bits per heavy atom. The van der Waals surface area contributed by atoms with Crippen LogP contribution in [0.5, 0.6) is 0 Å². The lowest BCUT2D eigenvalue weighted by Gasteiger charge is -2.09. The van der Waals surface area contributed by atoms with Gasteiger partial charge in [-0.1, -0.05) is 25.1 Å². The molecule has 4 rings (SSSR count). The molecule has 1 fully saturated rings. The average molecular weight is 295 g/mol. The second kappa shape index (κ2) is 5.33. The summed E-state index contributed by atoms with van der Waals surface area (Å²) < 4.78 is 11.8. The monoisotopic (exact) mass is 295 g/mol. The van der Waals surface area contributed by atoms with E-state index < -0.39 is 0 Å². The largest absolute Gasteiger partial charge is 0.464 e.